The molecule has 1 aliphatic rings. The number of pyridine rings is 1. The number of carbonyl (C=O) groups is 1. The van der Waals surface area contributed by atoms with E-state index in [1.165, 1.54) is 17.6 Å². The van der Waals surface area contributed by atoms with Crippen molar-refractivity contribution in [2.24, 2.45) is 0 Å². The summed E-state index contributed by atoms with van der Waals surface area (Å²) in [4.78, 5) is 25.1. The van der Waals surface area contributed by atoms with Crippen molar-refractivity contribution in [2.75, 3.05) is 19.6 Å². The van der Waals surface area contributed by atoms with Crippen molar-refractivity contribution in [2.45, 2.75) is 26.1 Å². The van der Waals surface area contributed by atoms with E-state index in [0.29, 0.717) is 26.2 Å². The molecule has 0 radical (unpaired) electrons. The van der Waals surface area contributed by atoms with Crippen molar-refractivity contribution in [3.63, 3.8) is 0 Å². The van der Waals surface area contributed by atoms with E-state index in [2.05, 4.69) is 0 Å². The summed E-state index contributed by atoms with van der Waals surface area (Å²) in [6, 6.07) is 3.22. The highest BCUT2D eigenvalue weighted by Crippen LogP contribution is 2.23. The zero-order valence-electron chi connectivity index (χ0n) is 10.6. The topological polar surface area (TPSA) is 42.3 Å². The number of ketones is 1. The van der Waals surface area contributed by atoms with Crippen LogP contribution in [0.25, 0.3) is 0 Å². The number of alkyl halides is 1. The molecule has 0 aliphatic carbocycles. The molecule has 0 saturated carbocycles. The first-order valence-corrected chi connectivity index (χ1v) is 6.01. The lowest BCUT2D eigenvalue weighted by Crippen LogP contribution is -2.57. The van der Waals surface area contributed by atoms with Crippen LogP contribution < -0.4 is 5.56 Å². The van der Waals surface area contributed by atoms with Crippen LogP contribution in [-0.4, -0.2) is 40.6 Å². The average Bonchev–Trinajstić information content (AvgIpc) is 2.24. The van der Waals surface area contributed by atoms with Crippen molar-refractivity contribution in [3.8, 4) is 0 Å². The van der Waals surface area contributed by atoms with Crippen LogP contribution in [0.5, 0.6) is 0 Å². The van der Waals surface area contributed by atoms with Gasteiger partial charge in [-0.1, -0.05) is 0 Å². The van der Waals surface area contributed by atoms with E-state index < -0.39 is 5.67 Å². The highest BCUT2D eigenvalue weighted by atomic mass is 19.1. The Balaban J connectivity index is 2.00. The standard InChI is InChI=1S/C13H17FN2O2/c1-10(17)11-4-3-5-16(12(11)18)7-6-15-8-13(2,14)9-15/h3-5H,6-9H2,1-2H3. The van der Waals surface area contributed by atoms with Gasteiger partial charge < -0.3 is 4.57 Å². The van der Waals surface area contributed by atoms with E-state index in [-0.39, 0.29) is 16.9 Å². The van der Waals surface area contributed by atoms with Gasteiger partial charge in [-0.2, -0.15) is 0 Å². The molecule has 5 heteroatoms. The lowest BCUT2D eigenvalue weighted by molar-refractivity contribution is -0.0189. The summed E-state index contributed by atoms with van der Waals surface area (Å²) in [6.45, 7) is 4.89. The maximum Gasteiger partial charge on any atom is 0.261 e. The van der Waals surface area contributed by atoms with Gasteiger partial charge in [0.25, 0.3) is 5.56 Å². The van der Waals surface area contributed by atoms with E-state index in [1.54, 1.807) is 19.2 Å². The molecule has 0 aromatic carbocycles. The molecule has 1 fully saturated rings. The fraction of sp³-hybridized carbons (Fsp3) is 0.538. The Kier molecular flexibility index (Phi) is 3.34. The van der Waals surface area contributed by atoms with Crippen LogP contribution in [-0.2, 0) is 6.54 Å². The lowest BCUT2D eigenvalue weighted by atomic mass is 9.99. The molecule has 0 amide bonds. The molecule has 0 unspecified atom stereocenters. The summed E-state index contributed by atoms with van der Waals surface area (Å²) in [5, 5.41) is 0. The Labute approximate surface area is 105 Å². The normalized spacial score (nSPS) is 18.4. The van der Waals surface area contributed by atoms with Crippen LogP contribution in [0.2, 0.25) is 0 Å². The third kappa shape index (κ3) is 2.67. The molecular formula is C13H17FN2O2. The SMILES string of the molecule is CC(=O)c1cccn(CCN2CC(C)(F)C2)c1=O. The fourth-order valence-electron chi connectivity index (χ4n) is 2.27. The molecule has 0 atom stereocenters. The number of hydrogen-bond donors (Lipinski definition) is 0. The average molecular weight is 252 g/mol. The predicted octanol–water partition coefficient (Wildman–Crippen LogP) is 1.09. The second-order valence-electron chi connectivity index (χ2n) is 5.10. The molecule has 4 nitrogen and oxygen atoms in total. The van der Waals surface area contributed by atoms with Crippen molar-refractivity contribution in [3.05, 3.63) is 34.2 Å². The smallest absolute Gasteiger partial charge is 0.261 e. The Bertz CT molecular complexity index is 514. The fourth-order valence-corrected chi connectivity index (χ4v) is 2.27. The van der Waals surface area contributed by atoms with E-state index in [0.717, 1.165) is 0 Å². The highest BCUT2D eigenvalue weighted by Gasteiger charge is 2.38. The molecule has 1 aliphatic heterocycles. The molecule has 0 bridgehead atoms. The van der Waals surface area contributed by atoms with E-state index in [4.69, 9.17) is 0 Å². The maximum absolute atomic E-state index is 13.3. The molecule has 0 N–H and O–H groups in total. The molecule has 1 aromatic rings. The molecule has 98 valence electrons. The summed E-state index contributed by atoms with van der Waals surface area (Å²) in [5.41, 5.74) is -1.16. The quantitative estimate of drug-likeness (QED) is 0.753. The maximum atomic E-state index is 13.3. The molecule has 2 heterocycles. The number of Topliss-reactive ketones (excluding diaryl/α,β-unsaturated/α-hetero) is 1. The molecule has 0 spiro atoms. The van der Waals surface area contributed by atoms with Crippen LogP contribution in [0.1, 0.15) is 24.2 Å². The largest absolute Gasteiger partial charge is 0.314 e. The summed E-state index contributed by atoms with van der Waals surface area (Å²) < 4.78 is 14.8. The van der Waals surface area contributed by atoms with Gasteiger partial charge in [-0.15, -0.1) is 0 Å². The van der Waals surface area contributed by atoms with Crippen LogP contribution in [0.3, 0.4) is 0 Å². The second kappa shape index (κ2) is 4.65. The Morgan fingerprint density at radius 3 is 2.67 bits per heavy atom. The van der Waals surface area contributed by atoms with Crippen LogP contribution in [0.4, 0.5) is 4.39 Å². The number of nitrogens with zero attached hydrogens (tertiary/aromatic N) is 2. The molecule has 1 aromatic heterocycles. The monoisotopic (exact) mass is 252 g/mol. The van der Waals surface area contributed by atoms with E-state index >= 15 is 0 Å². The number of rotatable bonds is 4. The third-order valence-corrected chi connectivity index (χ3v) is 3.16. The van der Waals surface area contributed by atoms with Crippen molar-refractivity contribution in [1.29, 1.82) is 0 Å². The molecule has 18 heavy (non-hydrogen) atoms. The zero-order valence-corrected chi connectivity index (χ0v) is 10.6. The van der Waals surface area contributed by atoms with Gasteiger partial charge in [-0.25, -0.2) is 4.39 Å². The Hall–Kier alpha value is -1.49. The molecule has 1 saturated heterocycles. The zero-order chi connectivity index (χ0) is 13.3. The van der Waals surface area contributed by atoms with Gasteiger partial charge in [0.2, 0.25) is 0 Å². The Morgan fingerprint density at radius 2 is 2.11 bits per heavy atom. The van der Waals surface area contributed by atoms with E-state index in [1.807, 2.05) is 4.90 Å². The number of hydrogen-bond acceptors (Lipinski definition) is 3. The first-order valence-electron chi connectivity index (χ1n) is 6.01. The van der Waals surface area contributed by atoms with Gasteiger partial charge in [-0.05, 0) is 26.0 Å². The number of halogens is 1. The molecule has 2 rings (SSSR count). The van der Waals surface area contributed by atoms with Gasteiger partial charge in [0.05, 0.1) is 5.56 Å². The van der Waals surface area contributed by atoms with Crippen LogP contribution in [0, 0.1) is 0 Å². The van der Waals surface area contributed by atoms with Gasteiger partial charge in [0.15, 0.2) is 5.78 Å². The second-order valence-corrected chi connectivity index (χ2v) is 5.10. The van der Waals surface area contributed by atoms with Crippen molar-refractivity contribution < 1.29 is 9.18 Å². The summed E-state index contributed by atoms with van der Waals surface area (Å²) in [7, 11) is 0. The summed E-state index contributed by atoms with van der Waals surface area (Å²) in [6.07, 6.45) is 1.66. The van der Waals surface area contributed by atoms with Crippen LogP contribution >= 0.6 is 0 Å². The van der Waals surface area contributed by atoms with Crippen molar-refractivity contribution >= 4 is 5.78 Å². The van der Waals surface area contributed by atoms with E-state index in [9.17, 15) is 14.0 Å². The minimum atomic E-state index is -1.09. The Morgan fingerprint density at radius 1 is 1.44 bits per heavy atom. The minimum absolute atomic E-state index is 0.205. The summed E-state index contributed by atoms with van der Waals surface area (Å²) >= 11 is 0. The highest BCUT2D eigenvalue weighted by molar-refractivity contribution is 5.93. The lowest BCUT2D eigenvalue weighted by Gasteiger charge is -2.42. The first kappa shape index (κ1) is 13.0. The number of carbonyl (C=O) groups excluding carboxylic acids is 1. The number of likely N-dealkylation sites (tertiary alicyclic amines) is 1. The molecular weight excluding hydrogens is 235 g/mol. The predicted molar refractivity (Wildman–Crippen MR) is 66.7 cm³/mol. The first-order chi connectivity index (χ1) is 8.39. The van der Waals surface area contributed by atoms with Gasteiger partial charge in [-0.3, -0.25) is 14.5 Å². The minimum Gasteiger partial charge on any atom is -0.314 e. The van der Waals surface area contributed by atoms with Crippen LogP contribution in [0.15, 0.2) is 23.1 Å². The van der Waals surface area contributed by atoms with Gasteiger partial charge in [0.1, 0.15) is 5.67 Å². The number of aromatic nitrogens is 1. The van der Waals surface area contributed by atoms with Crippen molar-refractivity contribution in [1.82, 2.24) is 9.47 Å². The third-order valence-electron chi connectivity index (χ3n) is 3.16. The summed E-state index contributed by atoms with van der Waals surface area (Å²) in [5.74, 6) is -0.227. The van der Waals surface area contributed by atoms with Gasteiger partial charge in [0, 0.05) is 32.4 Å². The van der Waals surface area contributed by atoms with Gasteiger partial charge >= 0.3 is 0 Å².